The summed E-state index contributed by atoms with van der Waals surface area (Å²) < 4.78 is 3.70. The SMILES string of the molecule is O=c1[nH]c(=O)n(-c2ccccc2)c2c3n(cc12)CCSC3. The molecule has 0 saturated carbocycles. The maximum absolute atomic E-state index is 12.3. The molecule has 3 aromatic rings. The van der Waals surface area contributed by atoms with Crippen LogP contribution >= 0.6 is 11.8 Å². The first-order chi connectivity index (χ1) is 10.3. The number of nitrogens with zero attached hydrogens (tertiary/aromatic N) is 2. The Labute approximate surface area is 124 Å². The molecule has 0 aliphatic carbocycles. The second kappa shape index (κ2) is 4.66. The first-order valence-electron chi connectivity index (χ1n) is 6.76. The molecule has 6 heteroatoms. The van der Waals surface area contributed by atoms with Crippen molar-refractivity contribution in [2.24, 2.45) is 0 Å². The number of hydrogen-bond acceptors (Lipinski definition) is 3. The van der Waals surface area contributed by atoms with Crippen LogP contribution in [0.5, 0.6) is 0 Å². The number of nitrogens with one attached hydrogen (secondary N) is 1. The molecule has 0 bridgehead atoms. The molecule has 1 aliphatic rings. The molecule has 0 fully saturated rings. The minimum Gasteiger partial charge on any atom is -0.347 e. The highest BCUT2D eigenvalue weighted by Crippen LogP contribution is 2.27. The number of benzene rings is 1. The molecule has 0 amide bonds. The van der Waals surface area contributed by atoms with Crippen molar-refractivity contribution in [3.8, 4) is 5.69 Å². The van der Waals surface area contributed by atoms with E-state index < -0.39 is 0 Å². The Morgan fingerprint density at radius 3 is 2.76 bits per heavy atom. The number of aromatic nitrogens is 3. The van der Waals surface area contributed by atoms with Crippen molar-refractivity contribution in [2.45, 2.75) is 12.3 Å². The van der Waals surface area contributed by atoms with E-state index >= 15 is 0 Å². The third kappa shape index (κ3) is 1.86. The van der Waals surface area contributed by atoms with E-state index in [-0.39, 0.29) is 11.2 Å². The summed E-state index contributed by atoms with van der Waals surface area (Å²) in [4.78, 5) is 26.9. The van der Waals surface area contributed by atoms with Crippen LogP contribution in [0.2, 0.25) is 0 Å². The highest BCUT2D eigenvalue weighted by molar-refractivity contribution is 7.98. The topological polar surface area (TPSA) is 59.8 Å². The molecule has 0 saturated heterocycles. The molecular weight excluding hydrogens is 286 g/mol. The number of fused-ring (bicyclic) bond motifs is 3. The zero-order valence-electron chi connectivity index (χ0n) is 11.2. The third-order valence-electron chi connectivity index (χ3n) is 3.78. The quantitative estimate of drug-likeness (QED) is 0.744. The van der Waals surface area contributed by atoms with Crippen LogP contribution in [-0.4, -0.2) is 19.9 Å². The van der Waals surface area contributed by atoms with Gasteiger partial charge in [0.1, 0.15) is 0 Å². The van der Waals surface area contributed by atoms with Gasteiger partial charge in [0.25, 0.3) is 5.56 Å². The lowest BCUT2D eigenvalue weighted by Crippen LogP contribution is -2.29. The molecule has 0 atom stereocenters. The van der Waals surface area contributed by atoms with E-state index in [1.807, 2.05) is 48.3 Å². The molecular formula is C15H13N3O2S. The molecule has 1 aliphatic heterocycles. The number of rotatable bonds is 1. The summed E-state index contributed by atoms with van der Waals surface area (Å²) in [5.74, 6) is 1.85. The maximum atomic E-state index is 12.3. The fourth-order valence-electron chi connectivity index (χ4n) is 2.83. The summed E-state index contributed by atoms with van der Waals surface area (Å²) in [7, 11) is 0. The number of para-hydroxylation sites is 1. The van der Waals surface area contributed by atoms with Gasteiger partial charge in [-0.1, -0.05) is 18.2 Å². The largest absolute Gasteiger partial charge is 0.347 e. The van der Waals surface area contributed by atoms with Crippen LogP contribution in [0.1, 0.15) is 5.69 Å². The zero-order valence-corrected chi connectivity index (χ0v) is 12.0. The van der Waals surface area contributed by atoms with Crippen LogP contribution < -0.4 is 11.2 Å². The van der Waals surface area contributed by atoms with Crippen LogP contribution in [0.3, 0.4) is 0 Å². The molecule has 0 spiro atoms. The molecule has 0 unspecified atom stereocenters. The van der Waals surface area contributed by atoms with Gasteiger partial charge in [-0.15, -0.1) is 0 Å². The predicted molar refractivity (Wildman–Crippen MR) is 84.3 cm³/mol. The van der Waals surface area contributed by atoms with Gasteiger partial charge in [0, 0.05) is 24.2 Å². The highest BCUT2D eigenvalue weighted by Gasteiger charge is 2.20. The predicted octanol–water partition coefficient (Wildman–Crippen LogP) is 1.73. The number of aryl methyl sites for hydroxylation is 1. The average molecular weight is 299 g/mol. The molecule has 1 N–H and O–H groups in total. The van der Waals surface area contributed by atoms with E-state index in [0.717, 1.165) is 34.9 Å². The lowest BCUT2D eigenvalue weighted by Gasteiger charge is -2.16. The van der Waals surface area contributed by atoms with Crippen LogP contribution in [0.25, 0.3) is 16.6 Å². The van der Waals surface area contributed by atoms with Crippen molar-refractivity contribution in [1.29, 1.82) is 0 Å². The summed E-state index contributed by atoms with van der Waals surface area (Å²) >= 11 is 1.82. The molecule has 5 nitrogen and oxygen atoms in total. The number of aromatic amines is 1. The smallest absolute Gasteiger partial charge is 0.333 e. The van der Waals surface area contributed by atoms with E-state index in [1.165, 1.54) is 0 Å². The Morgan fingerprint density at radius 1 is 1.14 bits per heavy atom. The van der Waals surface area contributed by atoms with Gasteiger partial charge >= 0.3 is 5.69 Å². The second-order valence-corrected chi connectivity index (χ2v) is 6.12. The van der Waals surface area contributed by atoms with Gasteiger partial charge in [-0.2, -0.15) is 11.8 Å². The van der Waals surface area contributed by atoms with Crippen molar-refractivity contribution in [3.63, 3.8) is 0 Å². The molecule has 1 aromatic carbocycles. The van der Waals surface area contributed by atoms with Crippen LogP contribution in [0, 0.1) is 0 Å². The summed E-state index contributed by atoms with van der Waals surface area (Å²) in [6.07, 6.45) is 1.86. The van der Waals surface area contributed by atoms with Crippen LogP contribution in [-0.2, 0) is 12.3 Å². The fraction of sp³-hybridized carbons (Fsp3) is 0.200. The van der Waals surface area contributed by atoms with Gasteiger partial charge in [-0.05, 0) is 12.1 Å². The number of thioether (sulfide) groups is 1. The van der Waals surface area contributed by atoms with E-state index in [1.54, 1.807) is 4.57 Å². The first-order valence-corrected chi connectivity index (χ1v) is 7.91. The van der Waals surface area contributed by atoms with Gasteiger partial charge < -0.3 is 4.57 Å². The van der Waals surface area contributed by atoms with Gasteiger partial charge in [0.15, 0.2) is 0 Å². The second-order valence-electron chi connectivity index (χ2n) is 5.01. The standard InChI is InChI=1S/C15H13N3O2S/c19-14-11-8-17-6-7-21-9-12(17)13(11)18(15(20)16-14)10-4-2-1-3-5-10/h1-5,8H,6-7,9H2,(H,16,19,20). The van der Waals surface area contributed by atoms with Crippen LogP contribution in [0.4, 0.5) is 0 Å². The average Bonchev–Trinajstić information content (AvgIpc) is 2.89. The van der Waals surface area contributed by atoms with E-state index in [2.05, 4.69) is 9.55 Å². The molecule has 4 rings (SSSR count). The number of hydrogen-bond donors (Lipinski definition) is 1. The van der Waals surface area contributed by atoms with Crippen molar-refractivity contribution in [2.75, 3.05) is 5.75 Å². The minimum atomic E-state index is -0.386. The highest BCUT2D eigenvalue weighted by atomic mass is 32.2. The van der Waals surface area contributed by atoms with E-state index in [4.69, 9.17) is 0 Å². The normalized spacial score (nSPS) is 14.3. The van der Waals surface area contributed by atoms with E-state index in [9.17, 15) is 9.59 Å². The van der Waals surface area contributed by atoms with Crippen molar-refractivity contribution in [1.82, 2.24) is 14.1 Å². The zero-order chi connectivity index (χ0) is 14.4. The number of H-pyrrole nitrogens is 1. The molecule has 0 radical (unpaired) electrons. The Balaban J connectivity index is 2.18. The minimum absolute atomic E-state index is 0.311. The van der Waals surface area contributed by atoms with Gasteiger partial charge in [-0.3, -0.25) is 14.3 Å². The Morgan fingerprint density at radius 2 is 1.95 bits per heavy atom. The van der Waals surface area contributed by atoms with Gasteiger partial charge in [0.05, 0.1) is 22.3 Å². The van der Waals surface area contributed by atoms with Crippen LogP contribution in [0.15, 0.2) is 46.1 Å². The molecule has 2 aromatic heterocycles. The Kier molecular flexibility index (Phi) is 2.78. The Bertz CT molecular complexity index is 937. The monoisotopic (exact) mass is 299 g/mol. The lowest BCUT2D eigenvalue weighted by molar-refractivity contribution is 0.734. The van der Waals surface area contributed by atoms with Crippen molar-refractivity contribution >= 4 is 22.7 Å². The summed E-state index contributed by atoms with van der Waals surface area (Å²) in [6.45, 7) is 0.872. The Hall–Kier alpha value is -2.21. The van der Waals surface area contributed by atoms with Gasteiger partial charge in [-0.25, -0.2) is 4.79 Å². The summed E-state index contributed by atoms with van der Waals surface area (Å²) in [6, 6.07) is 9.42. The first kappa shape index (κ1) is 12.5. The third-order valence-corrected chi connectivity index (χ3v) is 4.73. The van der Waals surface area contributed by atoms with Crippen molar-refractivity contribution in [3.05, 3.63) is 63.1 Å². The van der Waals surface area contributed by atoms with Crippen molar-refractivity contribution < 1.29 is 0 Å². The molecule has 106 valence electrons. The van der Waals surface area contributed by atoms with E-state index in [0.29, 0.717) is 5.39 Å². The fourth-order valence-corrected chi connectivity index (χ4v) is 3.80. The molecule has 3 heterocycles. The summed E-state index contributed by atoms with van der Waals surface area (Å²) in [5.41, 5.74) is 1.86. The lowest BCUT2D eigenvalue weighted by atomic mass is 10.2. The summed E-state index contributed by atoms with van der Waals surface area (Å²) in [5, 5.41) is 0.580. The van der Waals surface area contributed by atoms with Gasteiger partial charge in [0.2, 0.25) is 0 Å². The maximum Gasteiger partial charge on any atom is 0.333 e. The molecule has 21 heavy (non-hydrogen) atoms.